The molecule has 0 unspecified atom stereocenters. The Kier molecular flexibility index (Phi) is 12.7. The van der Waals surface area contributed by atoms with Crippen LogP contribution >= 0.6 is 11.3 Å². The third-order valence-corrected chi connectivity index (χ3v) is 6.62. The van der Waals surface area contributed by atoms with E-state index in [9.17, 15) is 19.5 Å². The van der Waals surface area contributed by atoms with Crippen LogP contribution in [0.2, 0.25) is 0 Å². The molecule has 12 heteroatoms. The summed E-state index contributed by atoms with van der Waals surface area (Å²) in [6, 6.07) is -1.48. The van der Waals surface area contributed by atoms with E-state index in [-0.39, 0.29) is 43.0 Å². The SMILES string of the molecule is CC[C@H](C)[C@H](N=[N+]=N)C(=O)N(COC(=O)CC(C)C)[C@H](C[C@@H](O)c1nc(C(=O)OC)cs1)C(C)C. The highest BCUT2D eigenvalue weighted by molar-refractivity contribution is 7.09. The number of hydrogen-bond donors (Lipinski definition) is 2. The molecule has 2 N–H and O–H groups in total. The molecule has 1 amide bonds. The van der Waals surface area contributed by atoms with Gasteiger partial charge in [0.05, 0.1) is 7.11 Å². The van der Waals surface area contributed by atoms with Gasteiger partial charge in [0.15, 0.2) is 12.4 Å². The van der Waals surface area contributed by atoms with E-state index in [0.29, 0.717) is 11.4 Å². The molecule has 0 aromatic carbocycles. The fraction of sp³-hybridized carbons (Fsp3) is 0.739. The van der Waals surface area contributed by atoms with Gasteiger partial charge >= 0.3 is 11.9 Å². The summed E-state index contributed by atoms with van der Waals surface area (Å²) >= 11 is 1.11. The first-order valence-electron chi connectivity index (χ1n) is 11.7. The van der Waals surface area contributed by atoms with Crippen molar-refractivity contribution in [3.05, 3.63) is 16.1 Å². The molecule has 196 valence electrons. The van der Waals surface area contributed by atoms with Crippen molar-refractivity contribution in [2.75, 3.05) is 13.8 Å². The molecule has 4 atom stereocenters. The van der Waals surface area contributed by atoms with E-state index < -0.39 is 36.0 Å². The van der Waals surface area contributed by atoms with Gasteiger partial charge in [-0.05, 0) is 17.8 Å². The summed E-state index contributed by atoms with van der Waals surface area (Å²) in [5, 5.41) is 16.6. The van der Waals surface area contributed by atoms with Crippen molar-refractivity contribution in [2.45, 2.75) is 79.0 Å². The number of esters is 2. The summed E-state index contributed by atoms with van der Waals surface area (Å²) in [5.41, 5.74) is 7.26. The first-order chi connectivity index (χ1) is 16.5. The van der Waals surface area contributed by atoms with Crippen LogP contribution < -0.4 is 4.91 Å². The molecule has 1 rings (SSSR count). The Morgan fingerprint density at radius 3 is 2.43 bits per heavy atom. The second-order valence-corrected chi connectivity index (χ2v) is 10.1. The Morgan fingerprint density at radius 2 is 1.91 bits per heavy atom. The molecule has 0 aliphatic heterocycles. The number of carbonyl (C=O) groups excluding carboxylic acids is 3. The molecule has 0 aliphatic carbocycles. The van der Waals surface area contributed by atoms with Crippen molar-refractivity contribution in [1.82, 2.24) is 14.8 Å². The maximum absolute atomic E-state index is 13.6. The zero-order chi connectivity index (χ0) is 26.7. The number of rotatable bonds is 14. The average molecular weight is 513 g/mol. The van der Waals surface area contributed by atoms with Gasteiger partial charge in [0.25, 0.3) is 5.91 Å². The number of methoxy groups -OCH3 is 1. The Bertz CT molecular complexity index is 899. The van der Waals surface area contributed by atoms with E-state index in [1.807, 2.05) is 41.5 Å². The van der Waals surface area contributed by atoms with Crippen LogP contribution in [0.5, 0.6) is 0 Å². The molecular weight excluding hydrogens is 474 g/mol. The van der Waals surface area contributed by atoms with E-state index in [1.165, 1.54) is 17.4 Å². The van der Waals surface area contributed by atoms with E-state index >= 15 is 0 Å². The molecule has 0 radical (unpaired) electrons. The number of aromatic nitrogens is 1. The normalized spacial score (nSPS) is 14.6. The number of hydrogen-bond acceptors (Lipinski definition) is 10. The van der Waals surface area contributed by atoms with Crippen molar-refractivity contribution in [1.29, 1.82) is 5.53 Å². The minimum Gasteiger partial charge on any atom is -0.464 e. The van der Waals surface area contributed by atoms with Crippen LogP contribution in [0, 0.1) is 23.3 Å². The monoisotopic (exact) mass is 512 g/mol. The molecular formula is C23H38N5O6S+. The lowest BCUT2D eigenvalue weighted by molar-refractivity contribution is -0.158. The average Bonchev–Trinajstić information content (AvgIpc) is 3.30. The quantitative estimate of drug-likeness (QED) is 0.166. The van der Waals surface area contributed by atoms with Gasteiger partial charge in [0.2, 0.25) is 11.0 Å². The fourth-order valence-corrected chi connectivity index (χ4v) is 4.23. The number of thiazole rings is 1. The Hall–Kier alpha value is -2.69. The largest absolute Gasteiger partial charge is 0.464 e. The van der Waals surface area contributed by atoms with Gasteiger partial charge in [-0.3, -0.25) is 9.59 Å². The van der Waals surface area contributed by atoms with Crippen LogP contribution in [-0.2, 0) is 19.1 Å². The minimum absolute atomic E-state index is 0.0878. The second kappa shape index (κ2) is 14.7. The van der Waals surface area contributed by atoms with Crippen LogP contribution in [0.25, 0.3) is 0 Å². The Balaban J connectivity index is 3.28. The predicted octanol–water partition coefficient (Wildman–Crippen LogP) is 3.72. The molecule has 1 aromatic heterocycles. The number of aliphatic hydroxyl groups excluding tert-OH is 1. The predicted molar refractivity (Wildman–Crippen MR) is 129 cm³/mol. The van der Waals surface area contributed by atoms with Crippen LogP contribution in [-0.4, -0.2) is 58.8 Å². The van der Waals surface area contributed by atoms with Crippen molar-refractivity contribution in [3.8, 4) is 0 Å². The van der Waals surface area contributed by atoms with Gasteiger partial charge in [-0.15, -0.1) is 11.3 Å². The van der Waals surface area contributed by atoms with E-state index in [2.05, 4.69) is 19.7 Å². The molecule has 0 spiro atoms. The zero-order valence-electron chi connectivity index (χ0n) is 21.6. The maximum Gasteiger partial charge on any atom is 0.357 e. The number of carbonyl (C=O) groups is 3. The Morgan fingerprint density at radius 1 is 1.26 bits per heavy atom. The smallest absolute Gasteiger partial charge is 0.357 e. The standard InChI is InChI=1S/C23H38N5O6S/c1-8-15(6)20(26-27-24)22(31)28(12-34-19(30)9-13(2)3)17(14(4)5)10-18(29)21-25-16(11-35-21)23(32)33-7/h11,13-15,17-18,20,24,29H,8-10,12H2,1-7H3/q+1/t15-,17+,18+,20-/m0/s1. The lowest BCUT2D eigenvalue weighted by Gasteiger charge is -2.36. The van der Waals surface area contributed by atoms with Gasteiger partial charge in [-0.25, -0.2) is 9.78 Å². The van der Waals surface area contributed by atoms with E-state index in [0.717, 1.165) is 11.3 Å². The third kappa shape index (κ3) is 9.12. The summed E-state index contributed by atoms with van der Waals surface area (Å²) in [7, 11) is 1.25. The van der Waals surface area contributed by atoms with Gasteiger partial charge < -0.3 is 19.5 Å². The summed E-state index contributed by atoms with van der Waals surface area (Å²) in [5.74, 6) is -1.73. The van der Waals surface area contributed by atoms with Crippen molar-refractivity contribution in [3.63, 3.8) is 0 Å². The number of aliphatic hydroxyl groups is 1. The van der Waals surface area contributed by atoms with Crippen molar-refractivity contribution >= 4 is 29.2 Å². The van der Waals surface area contributed by atoms with E-state index in [4.69, 9.17) is 10.3 Å². The summed E-state index contributed by atoms with van der Waals surface area (Å²) in [6.07, 6.45) is -0.161. The molecule has 1 heterocycles. The lowest BCUT2D eigenvalue weighted by Crippen LogP contribution is -2.50. The van der Waals surface area contributed by atoms with Crippen LogP contribution in [0.1, 0.15) is 82.4 Å². The zero-order valence-corrected chi connectivity index (χ0v) is 22.4. The van der Waals surface area contributed by atoms with Crippen molar-refractivity contribution < 1.29 is 29.0 Å². The van der Waals surface area contributed by atoms with Crippen LogP contribution in [0.3, 0.4) is 0 Å². The number of amides is 1. The number of ether oxygens (including phenoxy) is 2. The maximum atomic E-state index is 13.6. The molecule has 0 fully saturated rings. The highest BCUT2D eigenvalue weighted by atomic mass is 32.1. The highest BCUT2D eigenvalue weighted by Gasteiger charge is 2.38. The van der Waals surface area contributed by atoms with Crippen LogP contribution in [0.4, 0.5) is 0 Å². The molecule has 0 aliphatic rings. The lowest BCUT2D eigenvalue weighted by atomic mass is 9.93. The molecule has 0 bridgehead atoms. The second-order valence-electron chi connectivity index (χ2n) is 9.22. The van der Waals surface area contributed by atoms with Gasteiger partial charge in [-0.2, -0.15) is 0 Å². The Labute approximate surface area is 210 Å². The van der Waals surface area contributed by atoms with Gasteiger partial charge in [0, 0.05) is 24.3 Å². The fourth-order valence-electron chi connectivity index (χ4n) is 3.45. The highest BCUT2D eigenvalue weighted by Crippen LogP contribution is 2.29. The molecule has 35 heavy (non-hydrogen) atoms. The van der Waals surface area contributed by atoms with Gasteiger partial charge in [-0.1, -0.05) is 48.0 Å². The first-order valence-corrected chi connectivity index (χ1v) is 12.6. The number of nitrogens with one attached hydrogen (secondary N) is 1. The topological polar surface area (TPSA) is 156 Å². The molecule has 1 aromatic rings. The van der Waals surface area contributed by atoms with E-state index in [1.54, 1.807) is 0 Å². The van der Waals surface area contributed by atoms with Gasteiger partial charge in [0.1, 0.15) is 21.8 Å². The molecule has 11 nitrogen and oxygen atoms in total. The van der Waals surface area contributed by atoms with Crippen LogP contribution in [0.15, 0.2) is 10.5 Å². The summed E-state index contributed by atoms with van der Waals surface area (Å²) < 4.78 is 10.1. The first kappa shape index (κ1) is 30.3. The van der Waals surface area contributed by atoms with Crippen molar-refractivity contribution in [2.24, 2.45) is 22.9 Å². The minimum atomic E-state index is -1.08. The third-order valence-electron chi connectivity index (χ3n) is 5.68. The summed E-state index contributed by atoms with van der Waals surface area (Å²) in [4.78, 5) is 46.3. The number of nitrogens with zero attached hydrogens (tertiary/aromatic N) is 4. The molecule has 0 saturated carbocycles. The summed E-state index contributed by atoms with van der Waals surface area (Å²) in [6.45, 7) is 11.0. The molecule has 0 saturated heterocycles.